The minimum Gasteiger partial charge on any atom is -1.00 e. The van der Waals surface area contributed by atoms with E-state index in [4.69, 9.17) is 14.2 Å². The van der Waals surface area contributed by atoms with Crippen molar-refractivity contribution in [3.63, 3.8) is 0 Å². The summed E-state index contributed by atoms with van der Waals surface area (Å²) in [5.74, 6) is 2.46. The third-order valence-corrected chi connectivity index (χ3v) is 3.59. The van der Waals surface area contributed by atoms with Gasteiger partial charge in [-0.1, -0.05) is 0 Å². The summed E-state index contributed by atoms with van der Waals surface area (Å²) in [6.45, 7) is 2.43. The van der Waals surface area contributed by atoms with E-state index < -0.39 is 0 Å². The van der Waals surface area contributed by atoms with Gasteiger partial charge in [-0.15, -0.1) is 0 Å². The second-order valence-electron chi connectivity index (χ2n) is 5.35. The van der Waals surface area contributed by atoms with Gasteiger partial charge in [0, 0.05) is 6.42 Å². The van der Waals surface area contributed by atoms with Gasteiger partial charge in [0.25, 0.3) is 0 Å². The van der Waals surface area contributed by atoms with E-state index in [1.807, 2.05) is 0 Å². The molecular weight excluding hydrogens is 298 g/mol. The summed E-state index contributed by atoms with van der Waals surface area (Å²) >= 11 is 0. The van der Waals surface area contributed by atoms with Crippen molar-refractivity contribution >= 4 is 0 Å². The summed E-state index contributed by atoms with van der Waals surface area (Å²) in [6, 6.07) is 2.11. The number of methoxy groups -OCH3 is 1. The molecule has 0 unspecified atom stereocenters. The molecule has 0 aromatic heterocycles. The van der Waals surface area contributed by atoms with Crippen molar-refractivity contribution in [3.05, 3.63) is 17.2 Å². The van der Waals surface area contributed by atoms with E-state index in [0.717, 1.165) is 41.2 Å². The van der Waals surface area contributed by atoms with Gasteiger partial charge in [0.1, 0.15) is 6.54 Å². The third kappa shape index (κ3) is 2.06. The molecule has 0 spiro atoms. The first-order chi connectivity index (χ1) is 8.11. The van der Waals surface area contributed by atoms with Crippen LogP contribution >= 0.6 is 0 Å². The number of ether oxygens (including phenoxy) is 3. The second-order valence-corrected chi connectivity index (χ2v) is 5.35. The van der Waals surface area contributed by atoms with Crippen LogP contribution in [0.5, 0.6) is 17.2 Å². The van der Waals surface area contributed by atoms with E-state index in [1.165, 1.54) is 11.1 Å². The molecule has 1 aromatic rings. The minimum atomic E-state index is 0. The normalized spacial score (nSPS) is 18.8. The molecule has 2 heterocycles. The molecule has 2 aliphatic rings. The average Bonchev–Trinajstić information content (AvgIpc) is 2.73. The van der Waals surface area contributed by atoms with Crippen LogP contribution in [0.4, 0.5) is 0 Å². The lowest BCUT2D eigenvalue weighted by atomic mass is 9.96. The minimum absolute atomic E-state index is 0. The summed E-state index contributed by atoms with van der Waals surface area (Å²) in [7, 11) is 6.19. The lowest BCUT2D eigenvalue weighted by Gasteiger charge is -2.35. The Bertz CT molecular complexity index is 474. The molecule has 100 valence electrons. The molecule has 2 aliphatic heterocycles. The molecule has 0 fully saturated rings. The highest BCUT2D eigenvalue weighted by atomic mass is 79.9. The van der Waals surface area contributed by atoms with Crippen LogP contribution in [0.15, 0.2) is 6.07 Å². The van der Waals surface area contributed by atoms with Crippen LogP contribution in [-0.4, -0.2) is 39.0 Å². The Morgan fingerprint density at radius 3 is 2.78 bits per heavy atom. The SMILES string of the molecule is COc1c2c(cc3c1OCO3)CC[N+](C)(C)C2.[Br-]. The monoisotopic (exact) mass is 315 g/mol. The molecule has 0 radical (unpaired) electrons. The Kier molecular flexibility index (Phi) is 3.47. The van der Waals surface area contributed by atoms with Gasteiger partial charge in [-0.25, -0.2) is 0 Å². The van der Waals surface area contributed by atoms with Crippen LogP contribution < -0.4 is 31.2 Å². The molecule has 5 heteroatoms. The lowest BCUT2D eigenvalue weighted by Crippen LogP contribution is -3.00. The quantitative estimate of drug-likeness (QED) is 0.594. The van der Waals surface area contributed by atoms with Gasteiger partial charge >= 0.3 is 0 Å². The Morgan fingerprint density at radius 1 is 1.28 bits per heavy atom. The zero-order valence-electron chi connectivity index (χ0n) is 11.0. The number of rotatable bonds is 1. The first kappa shape index (κ1) is 13.5. The molecule has 0 aliphatic carbocycles. The van der Waals surface area contributed by atoms with E-state index in [0.29, 0.717) is 6.79 Å². The van der Waals surface area contributed by atoms with Crippen LogP contribution in [-0.2, 0) is 13.0 Å². The van der Waals surface area contributed by atoms with Gasteiger partial charge < -0.3 is 35.7 Å². The van der Waals surface area contributed by atoms with Crippen molar-refractivity contribution < 1.29 is 35.7 Å². The zero-order chi connectivity index (χ0) is 12.0. The molecule has 3 rings (SSSR count). The number of halogens is 1. The van der Waals surface area contributed by atoms with Crippen LogP contribution in [0.25, 0.3) is 0 Å². The number of hydrogen-bond donors (Lipinski definition) is 0. The van der Waals surface area contributed by atoms with E-state index in [-0.39, 0.29) is 17.0 Å². The van der Waals surface area contributed by atoms with Gasteiger partial charge in [0.05, 0.1) is 33.3 Å². The van der Waals surface area contributed by atoms with Crippen LogP contribution in [0.3, 0.4) is 0 Å². The summed E-state index contributed by atoms with van der Waals surface area (Å²) in [6.07, 6.45) is 1.06. The first-order valence-corrected chi connectivity index (χ1v) is 5.91. The van der Waals surface area contributed by atoms with Crippen molar-refractivity contribution in [3.8, 4) is 17.2 Å². The Labute approximate surface area is 118 Å². The predicted octanol–water partition coefficient (Wildman–Crippen LogP) is -1.44. The fourth-order valence-corrected chi connectivity index (χ4v) is 2.64. The summed E-state index contributed by atoms with van der Waals surface area (Å²) in [5, 5.41) is 0. The summed E-state index contributed by atoms with van der Waals surface area (Å²) < 4.78 is 17.5. The van der Waals surface area contributed by atoms with Crippen molar-refractivity contribution in [2.24, 2.45) is 0 Å². The molecule has 18 heavy (non-hydrogen) atoms. The van der Waals surface area contributed by atoms with Gasteiger partial charge in [-0.05, 0) is 11.6 Å². The number of nitrogens with zero attached hydrogens (tertiary/aromatic N) is 1. The van der Waals surface area contributed by atoms with Gasteiger partial charge in [0.15, 0.2) is 11.5 Å². The fraction of sp³-hybridized carbons (Fsp3) is 0.538. The van der Waals surface area contributed by atoms with Gasteiger partial charge in [-0.2, -0.15) is 0 Å². The van der Waals surface area contributed by atoms with Gasteiger partial charge in [0.2, 0.25) is 12.5 Å². The van der Waals surface area contributed by atoms with Crippen molar-refractivity contribution in [1.82, 2.24) is 0 Å². The molecule has 0 atom stereocenters. The molecule has 1 aromatic carbocycles. The van der Waals surface area contributed by atoms with Crippen LogP contribution in [0.1, 0.15) is 11.1 Å². The Morgan fingerprint density at radius 2 is 2.06 bits per heavy atom. The van der Waals surface area contributed by atoms with Gasteiger partial charge in [-0.3, -0.25) is 0 Å². The van der Waals surface area contributed by atoms with E-state index >= 15 is 0 Å². The number of likely N-dealkylation sites (N-methyl/N-ethyl adjacent to an activating group) is 1. The van der Waals surface area contributed by atoms with Crippen molar-refractivity contribution in [2.75, 3.05) is 34.5 Å². The maximum absolute atomic E-state index is 5.53. The second kappa shape index (κ2) is 4.63. The smallest absolute Gasteiger partial charge is 0.231 e. The lowest BCUT2D eigenvalue weighted by molar-refractivity contribution is -0.905. The van der Waals surface area contributed by atoms with E-state index in [2.05, 4.69) is 20.2 Å². The van der Waals surface area contributed by atoms with E-state index in [1.54, 1.807) is 7.11 Å². The Hall–Kier alpha value is -0.940. The molecule has 0 saturated carbocycles. The molecular formula is C13H18BrNO3. The largest absolute Gasteiger partial charge is 1.00 e. The summed E-state index contributed by atoms with van der Waals surface area (Å²) in [5.41, 5.74) is 2.61. The standard InChI is InChI=1S/C13H18NO3.BrH/c1-14(2)5-4-9-6-11-13(17-8-16-11)12(15-3)10(9)7-14;/h6H,4-5,7-8H2,1-3H3;1H/q+1;/p-1. The number of benzene rings is 1. The highest BCUT2D eigenvalue weighted by Crippen LogP contribution is 2.46. The fourth-order valence-electron chi connectivity index (χ4n) is 2.64. The Balaban J connectivity index is 0.00000120. The average molecular weight is 316 g/mol. The number of hydrogen-bond acceptors (Lipinski definition) is 3. The maximum atomic E-state index is 5.53. The molecule has 0 amide bonds. The van der Waals surface area contributed by atoms with E-state index in [9.17, 15) is 0 Å². The maximum Gasteiger partial charge on any atom is 0.231 e. The first-order valence-electron chi connectivity index (χ1n) is 5.91. The molecule has 0 N–H and O–H groups in total. The van der Waals surface area contributed by atoms with Crippen LogP contribution in [0.2, 0.25) is 0 Å². The third-order valence-electron chi connectivity index (χ3n) is 3.59. The summed E-state index contributed by atoms with van der Waals surface area (Å²) in [4.78, 5) is 0. The number of quaternary nitrogens is 1. The molecule has 4 nitrogen and oxygen atoms in total. The topological polar surface area (TPSA) is 27.7 Å². The molecule has 0 bridgehead atoms. The number of fused-ring (bicyclic) bond motifs is 2. The molecule has 0 saturated heterocycles. The van der Waals surface area contributed by atoms with Crippen LogP contribution in [0, 0.1) is 0 Å². The van der Waals surface area contributed by atoms with Crippen molar-refractivity contribution in [1.29, 1.82) is 0 Å². The highest BCUT2D eigenvalue weighted by Gasteiger charge is 2.32. The zero-order valence-corrected chi connectivity index (χ0v) is 12.5. The predicted molar refractivity (Wildman–Crippen MR) is 63.5 cm³/mol. The highest BCUT2D eigenvalue weighted by molar-refractivity contribution is 5.60. The van der Waals surface area contributed by atoms with Crippen molar-refractivity contribution in [2.45, 2.75) is 13.0 Å².